The summed E-state index contributed by atoms with van der Waals surface area (Å²) in [5.74, 6) is 0.669. The first-order valence-electron chi connectivity index (χ1n) is 4.61. The summed E-state index contributed by atoms with van der Waals surface area (Å²) in [6, 6.07) is 0. The van der Waals surface area contributed by atoms with Crippen LogP contribution in [0.25, 0.3) is 0 Å². The smallest absolute Gasteiger partial charge is 0.116 e. The lowest BCUT2D eigenvalue weighted by molar-refractivity contribution is -0.0256. The Labute approximate surface area is 67.4 Å². The Bertz CT molecular complexity index is 132. The maximum absolute atomic E-state index is 13.9. The van der Waals surface area contributed by atoms with E-state index in [-0.39, 0.29) is 0 Å². The van der Waals surface area contributed by atoms with E-state index in [9.17, 15) is 4.39 Å². The maximum Gasteiger partial charge on any atom is 0.116 e. The minimum atomic E-state index is -0.872. The summed E-state index contributed by atoms with van der Waals surface area (Å²) in [7, 11) is 0. The predicted octanol–water partition coefficient (Wildman–Crippen LogP) is 1.73. The lowest BCUT2D eigenvalue weighted by Crippen LogP contribution is -2.56. The Morgan fingerprint density at radius 1 is 1.27 bits per heavy atom. The average Bonchev–Trinajstić information content (AvgIpc) is 1.46. The van der Waals surface area contributed by atoms with E-state index in [0.29, 0.717) is 11.8 Å². The van der Waals surface area contributed by atoms with Gasteiger partial charge in [0.2, 0.25) is 0 Å². The van der Waals surface area contributed by atoms with Crippen molar-refractivity contribution in [1.29, 1.82) is 0 Å². The summed E-state index contributed by atoms with van der Waals surface area (Å²) in [6.45, 7) is 3.58. The molecule has 1 N–H and O–H groups in total. The Kier molecular flexibility index (Phi) is 1.67. The van der Waals surface area contributed by atoms with E-state index < -0.39 is 5.67 Å². The fourth-order valence-electron chi connectivity index (χ4n) is 1.99. The fraction of sp³-hybridized carbons (Fsp3) is 1.00. The highest BCUT2D eigenvalue weighted by Gasteiger charge is 2.46. The van der Waals surface area contributed by atoms with Crippen molar-refractivity contribution in [3.8, 4) is 0 Å². The minimum absolute atomic E-state index is 0.299. The molecule has 2 aliphatic rings. The molecule has 2 fully saturated rings. The highest BCUT2D eigenvalue weighted by atomic mass is 19.1. The molecule has 0 aromatic carbocycles. The average molecular weight is 157 g/mol. The molecular weight excluding hydrogens is 141 g/mol. The van der Waals surface area contributed by atoms with Crippen molar-refractivity contribution in [2.24, 2.45) is 11.8 Å². The summed E-state index contributed by atoms with van der Waals surface area (Å²) in [5.41, 5.74) is -0.872. The van der Waals surface area contributed by atoms with E-state index in [0.717, 1.165) is 25.9 Å². The monoisotopic (exact) mass is 157 g/mol. The van der Waals surface area contributed by atoms with Gasteiger partial charge in [0.25, 0.3) is 0 Å². The number of nitrogens with one attached hydrogen (secondary N) is 1. The zero-order valence-electron chi connectivity index (χ0n) is 7.07. The lowest BCUT2D eigenvalue weighted by atomic mass is 9.68. The molecule has 64 valence electrons. The molecule has 0 radical (unpaired) electrons. The van der Waals surface area contributed by atoms with Crippen molar-refractivity contribution in [3.63, 3.8) is 0 Å². The Balaban J connectivity index is 1.95. The summed E-state index contributed by atoms with van der Waals surface area (Å²) in [5, 5.41) is 3.13. The molecule has 2 heteroatoms. The molecule has 0 aromatic heterocycles. The van der Waals surface area contributed by atoms with Gasteiger partial charge in [-0.25, -0.2) is 4.39 Å². The SMILES string of the molecule is CC(F)(C1CCC1)C1CNC1. The Morgan fingerprint density at radius 2 is 1.91 bits per heavy atom. The van der Waals surface area contributed by atoms with Crippen LogP contribution < -0.4 is 5.32 Å². The Hall–Kier alpha value is -0.110. The third kappa shape index (κ3) is 1.08. The van der Waals surface area contributed by atoms with E-state index in [1.165, 1.54) is 6.42 Å². The predicted molar refractivity (Wildman–Crippen MR) is 43.2 cm³/mol. The number of hydrogen-bond donors (Lipinski definition) is 1. The molecule has 1 aliphatic carbocycles. The standard InChI is InChI=1S/C9H16FN/c1-9(10,7-3-2-4-7)8-5-11-6-8/h7-8,11H,2-6H2,1H3. The van der Waals surface area contributed by atoms with Crippen LogP contribution in [0, 0.1) is 11.8 Å². The van der Waals surface area contributed by atoms with E-state index in [4.69, 9.17) is 0 Å². The molecule has 11 heavy (non-hydrogen) atoms. The van der Waals surface area contributed by atoms with E-state index in [1.807, 2.05) is 0 Å². The molecule has 0 aromatic rings. The zero-order valence-corrected chi connectivity index (χ0v) is 7.07. The van der Waals surface area contributed by atoms with Gasteiger partial charge in [0, 0.05) is 19.0 Å². The second-order valence-electron chi connectivity index (χ2n) is 4.13. The molecule has 1 nitrogen and oxygen atoms in total. The van der Waals surface area contributed by atoms with Gasteiger partial charge >= 0.3 is 0 Å². The molecule has 1 unspecified atom stereocenters. The first-order chi connectivity index (χ1) is 5.21. The summed E-state index contributed by atoms with van der Waals surface area (Å²) in [6.07, 6.45) is 3.47. The van der Waals surface area contributed by atoms with Gasteiger partial charge in [-0.1, -0.05) is 6.42 Å². The largest absolute Gasteiger partial charge is 0.316 e. The first kappa shape index (κ1) is 7.53. The molecule has 1 saturated heterocycles. The van der Waals surface area contributed by atoms with Crippen LogP contribution in [0.15, 0.2) is 0 Å². The lowest BCUT2D eigenvalue weighted by Gasteiger charge is -2.45. The van der Waals surface area contributed by atoms with Crippen LogP contribution in [-0.4, -0.2) is 18.8 Å². The molecule has 0 amide bonds. The maximum atomic E-state index is 13.9. The van der Waals surface area contributed by atoms with Crippen molar-refractivity contribution < 1.29 is 4.39 Å². The molecular formula is C9H16FN. The molecule has 0 bridgehead atoms. The Morgan fingerprint density at radius 3 is 2.18 bits per heavy atom. The van der Waals surface area contributed by atoms with Crippen molar-refractivity contribution in [2.45, 2.75) is 31.9 Å². The van der Waals surface area contributed by atoms with Crippen molar-refractivity contribution in [1.82, 2.24) is 5.32 Å². The van der Waals surface area contributed by atoms with E-state index >= 15 is 0 Å². The third-order valence-corrected chi connectivity index (χ3v) is 3.48. The van der Waals surface area contributed by atoms with Gasteiger partial charge < -0.3 is 5.32 Å². The summed E-state index contributed by atoms with van der Waals surface area (Å²) >= 11 is 0. The number of halogens is 1. The first-order valence-corrected chi connectivity index (χ1v) is 4.61. The summed E-state index contributed by atoms with van der Waals surface area (Å²) in [4.78, 5) is 0. The van der Waals surface area contributed by atoms with Gasteiger partial charge in [0.1, 0.15) is 5.67 Å². The van der Waals surface area contributed by atoms with Gasteiger partial charge in [-0.15, -0.1) is 0 Å². The van der Waals surface area contributed by atoms with Crippen LogP contribution in [0.2, 0.25) is 0 Å². The van der Waals surface area contributed by atoms with Crippen LogP contribution in [0.5, 0.6) is 0 Å². The summed E-state index contributed by atoms with van der Waals surface area (Å²) < 4.78 is 13.9. The van der Waals surface area contributed by atoms with Crippen LogP contribution >= 0.6 is 0 Å². The number of rotatable bonds is 2. The van der Waals surface area contributed by atoms with Crippen molar-refractivity contribution in [3.05, 3.63) is 0 Å². The van der Waals surface area contributed by atoms with Crippen LogP contribution in [0.4, 0.5) is 4.39 Å². The molecule has 1 heterocycles. The van der Waals surface area contributed by atoms with Crippen LogP contribution in [-0.2, 0) is 0 Å². The highest BCUT2D eigenvalue weighted by Crippen LogP contribution is 2.43. The van der Waals surface area contributed by atoms with Gasteiger partial charge in [-0.2, -0.15) is 0 Å². The van der Waals surface area contributed by atoms with Gasteiger partial charge in [-0.05, 0) is 25.7 Å². The highest BCUT2D eigenvalue weighted by molar-refractivity contribution is 4.98. The molecule has 1 saturated carbocycles. The third-order valence-electron chi connectivity index (χ3n) is 3.48. The quantitative estimate of drug-likeness (QED) is 0.643. The number of hydrogen-bond acceptors (Lipinski definition) is 1. The van der Waals surface area contributed by atoms with Crippen molar-refractivity contribution in [2.75, 3.05) is 13.1 Å². The van der Waals surface area contributed by atoms with Gasteiger partial charge in [-0.3, -0.25) is 0 Å². The topological polar surface area (TPSA) is 12.0 Å². The zero-order chi connectivity index (χ0) is 7.90. The van der Waals surface area contributed by atoms with E-state index in [1.54, 1.807) is 6.92 Å². The number of alkyl halides is 1. The van der Waals surface area contributed by atoms with Gasteiger partial charge in [0.05, 0.1) is 0 Å². The molecule has 0 spiro atoms. The second kappa shape index (κ2) is 2.44. The molecule has 2 rings (SSSR count). The van der Waals surface area contributed by atoms with Crippen LogP contribution in [0.3, 0.4) is 0 Å². The van der Waals surface area contributed by atoms with Crippen LogP contribution in [0.1, 0.15) is 26.2 Å². The van der Waals surface area contributed by atoms with Crippen molar-refractivity contribution >= 4 is 0 Å². The minimum Gasteiger partial charge on any atom is -0.316 e. The fourth-order valence-corrected chi connectivity index (χ4v) is 1.99. The second-order valence-corrected chi connectivity index (χ2v) is 4.13. The molecule has 1 aliphatic heterocycles. The normalized spacial score (nSPS) is 32.2. The van der Waals surface area contributed by atoms with E-state index in [2.05, 4.69) is 5.32 Å². The van der Waals surface area contributed by atoms with Gasteiger partial charge in [0.15, 0.2) is 0 Å². The molecule has 1 atom stereocenters.